The molecule has 3 heteroatoms. The van der Waals surface area contributed by atoms with Gasteiger partial charge < -0.3 is 10.1 Å². The van der Waals surface area contributed by atoms with Crippen LogP contribution in [0.4, 0.5) is 0 Å². The van der Waals surface area contributed by atoms with Crippen LogP contribution in [0.3, 0.4) is 0 Å². The summed E-state index contributed by atoms with van der Waals surface area (Å²) in [5.74, 6) is 0.854. The maximum atomic E-state index is 12.6. The van der Waals surface area contributed by atoms with Crippen molar-refractivity contribution in [2.45, 2.75) is 31.2 Å². The number of carbonyl (C=O) groups excluding carboxylic acids is 1. The van der Waals surface area contributed by atoms with Gasteiger partial charge in [0.15, 0.2) is 5.78 Å². The van der Waals surface area contributed by atoms with E-state index in [1.54, 1.807) is 0 Å². The highest BCUT2D eigenvalue weighted by molar-refractivity contribution is 5.98. The van der Waals surface area contributed by atoms with Gasteiger partial charge in [-0.05, 0) is 37.4 Å². The summed E-state index contributed by atoms with van der Waals surface area (Å²) in [5.41, 5.74) is 2.18. The topological polar surface area (TPSA) is 38.3 Å². The largest absolute Gasteiger partial charge is 0.379 e. The average molecular weight is 259 g/mol. The number of likely N-dealkylation sites (N-methyl/N-ethyl adjacent to an activating group) is 1. The molecular formula is C16H21NO2. The summed E-state index contributed by atoms with van der Waals surface area (Å²) in [4.78, 5) is 12.6. The number of benzene rings is 1. The van der Waals surface area contributed by atoms with Crippen LogP contribution in [0.5, 0.6) is 0 Å². The standard InChI is InChI=1S/C16H21NO2/c1-17-15-10-19-9-14(15)16(18)13-7-3-6-12(8-13)11-4-2-5-11/h3,6-8,11,14-15,17H,2,4-5,9-10H2,1H3. The van der Waals surface area contributed by atoms with E-state index in [-0.39, 0.29) is 17.7 Å². The van der Waals surface area contributed by atoms with Crippen molar-refractivity contribution < 1.29 is 9.53 Å². The van der Waals surface area contributed by atoms with Crippen molar-refractivity contribution in [2.24, 2.45) is 5.92 Å². The van der Waals surface area contributed by atoms with Crippen molar-refractivity contribution in [2.75, 3.05) is 20.3 Å². The number of nitrogens with one attached hydrogen (secondary N) is 1. The van der Waals surface area contributed by atoms with Crippen LogP contribution in [0, 0.1) is 5.92 Å². The molecule has 19 heavy (non-hydrogen) atoms. The Balaban J connectivity index is 1.79. The first kappa shape index (κ1) is 12.8. The zero-order valence-corrected chi connectivity index (χ0v) is 11.4. The molecule has 2 unspecified atom stereocenters. The molecular weight excluding hydrogens is 238 g/mol. The van der Waals surface area contributed by atoms with Crippen LogP contribution in [0.1, 0.15) is 41.1 Å². The van der Waals surface area contributed by atoms with Crippen LogP contribution < -0.4 is 5.32 Å². The highest BCUT2D eigenvalue weighted by atomic mass is 16.5. The minimum absolute atomic E-state index is 0.0401. The van der Waals surface area contributed by atoms with Crippen LogP contribution in [0.15, 0.2) is 24.3 Å². The molecule has 1 saturated carbocycles. The second kappa shape index (κ2) is 5.43. The summed E-state index contributed by atoms with van der Waals surface area (Å²) >= 11 is 0. The van der Waals surface area contributed by atoms with Gasteiger partial charge in [-0.15, -0.1) is 0 Å². The van der Waals surface area contributed by atoms with Crippen molar-refractivity contribution in [3.8, 4) is 0 Å². The number of Topliss-reactive ketones (excluding diaryl/α,β-unsaturated/α-hetero) is 1. The molecule has 2 aliphatic rings. The molecule has 1 aromatic rings. The third-order valence-electron chi connectivity index (χ3n) is 4.54. The lowest BCUT2D eigenvalue weighted by molar-refractivity contribution is 0.0892. The lowest BCUT2D eigenvalue weighted by atomic mass is 9.79. The van der Waals surface area contributed by atoms with Gasteiger partial charge in [-0.1, -0.05) is 24.6 Å². The average Bonchev–Trinajstić information content (AvgIpc) is 2.84. The van der Waals surface area contributed by atoms with E-state index in [1.807, 2.05) is 19.2 Å². The summed E-state index contributed by atoms with van der Waals surface area (Å²) < 4.78 is 5.43. The van der Waals surface area contributed by atoms with Crippen molar-refractivity contribution in [1.29, 1.82) is 0 Å². The van der Waals surface area contributed by atoms with E-state index < -0.39 is 0 Å². The molecule has 0 radical (unpaired) electrons. The molecule has 1 saturated heterocycles. The van der Waals surface area contributed by atoms with E-state index in [9.17, 15) is 4.79 Å². The van der Waals surface area contributed by atoms with E-state index in [0.29, 0.717) is 19.1 Å². The number of ether oxygens (including phenoxy) is 1. The fourth-order valence-corrected chi connectivity index (χ4v) is 3.00. The number of rotatable bonds is 4. The lowest BCUT2D eigenvalue weighted by Gasteiger charge is -2.26. The van der Waals surface area contributed by atoms with Gasteiger partial charge in [-0.2, -0.15) is 0 Å². The summed E-state index contributed by atoms with van der Waals surface area (Å²) in [7, 11) is 1.89. The fraction of sp³-hybridized carbons (Fsp3) is 0.562. The van der Waals surface area contributed by atoms with E-state index in [0.717, 1.165) is 5.56 Å². The first-order valence-corrected chi connectivity index (χ1v) is 7.19. The minimum Gasteiger partial charge on any atom is -0.379 e. The molecule has 1 aromatic carbocycles. The molecule has 3 rings (SSSR count). The van der Waals surface area contributed by atoms with Crippen LogP contribution in [0.2, 0.25) is 0 Å². The van der Waals surface area contributed by atoms with E-state index in [2.05, 4.69) is 17.4 Å². The Hall–Kier alpha value is -1.19. The molecule has 1 aliphatic carbocycles. The Bertz CT molecular complexity index is 468. The molecule has 1 heterocycles. The molecule has 1 N–H and O–H groups in total. The maximum Gasteiger partial charge on any atom is 0.169 e. The Kier molecular flexibility index (Phi) is 3.67. The van der Waals surface area contributed by atoms with Crippen molar-refractivity contribution in [3.63, 3.8) is 0 Å². The summed E-state index contributed by atoms with van der Waals surface area (Å²) in [6.07, 6.45) is 3.85. The van der Waals surface area contributed by atoms with Crippen molar-refractivity contribution in [1.82, 2.24) is 5.32 Å². The first-order valence-electron chi connectivity index (χ1n) is 7.19. The summed E-state index contributed by atoms with van der Waals surface area (Å²) in [5, 5.41) is 3.18. The molecule has 1 aliphatic heterocycles. The summed E-state index contributed by atoms with van der Waals surface area (Å²) in [6, 6.07) is 8.36. The molecule has 102 valence electrons. The molecule has 0 bridgehead atoms. The van der Waals surface area contributed by atoms with Gasteiger partial charge in [0, 0.05) is 11.6 Å². The predicted molar refractivity (Wildman–Crippen MR) is 74.5 cm³/mol. The molecule has 3 nitrogen and oxygen atoms in total. The number of carbonyl (C=O) groups is 1. The Morgan fingerprint density at radius 3 is 2.84 bits per heavy atom. The van der Waals surface area contributed by atoms with E-state index >= 15 is 0 Å². The van der Waals surface area contributed by atoms with Crippen LogP contribution >= 0.6 is 0 Å². The predicted octanol–water partition coefficient (Wildman–Crippen LogP) is 2.37. The highest BCUT2D eigenvalue weighted by Gasteiger charge is 2.33. The Morgan fingerprint density at radius 1 is 1.32 bits per heavy atom. The van der Waals surface area contributed by atoms with Gasteiger partial charge in [-0.25, -0.2) is 0 Å². The molecule has 0 amide bonds. The zero-order chi connectivity index (χ0) is 13.2. The third kappa shape index (κ3) is 2.45. The molecule has 2 atom stereocenters. The zero-order valence-electron chi connectivity index (χ0n) is 11.4. The van der Waals surface area contributed by atoms with Gasteiger partial charge in [-0.3, -0.25) is 4.79 Å². The molecule has 2 fully saturated rings. The monoisotopic (exact) mass is 259 g/mol. The van der Waals surface area contributed by atoms with E-state index in [4.69, 9.17) is 4.74 Å². The van der Waals surface area contributed by atoms with Gasteiger partial charge in [0.05, 0.1) is 19.1 Å². The SMILES string of the molecule is CNC1COCC1C(=O)c1cccc(C2CCC2)c1. The first-order chi connectivity index (χ1) is 9.29. The fourth-order valence-electron chi connectivity index (χ4n) is 3.00. The number of ketones is 1. The van der Waals surface area contributed by atoms with Gasteiger partial charge in [0.2, 0.25) is 0 Å². The Morgan fingerprint density at radius 2 is 2.16 bits per heavy atom. The lowest BCUT2D eigenvalue weighted by Crippen LogP contribution is -2.37. The molecule has 0 aromatic heterocycles. The van der Waals surface area contributed by atoms with E-state index in [1.165, 1.54) is 24.8 Å². The smallest absolute Gasteiger partial charge is 0.169 e. The normalized spacial score (nSPS) is 27.2. The quantitative estimate of drug-likeness (QED) is 0.844. The second-order valence-corrected chi connectivity index (χ2v) is 5.66. The Labute approximate surface area is 114 Å². The summed E-state index contributed by atoms with van der Waals surface area (Å²) in [6.45, 7) is 1.17. The number of hydrogen-bond acceptors (Lipinski definition) is 3. The van der Waals surface area contributed by atoms with Gasteiger partial charge >= 0.3 is 0 Å². The minimum atomic E-state index is -0.0401. The van der Waals surface area contributed by atoms with Crippen LogP contribution in [0.25, 0.3) is 0 Å². The highest BCUT2D eigenvalue weighted by Crippen LogP contribution is 2.36. The maximum absolute atomic E-state index is 12.6. The number of hydrogen-bond donors (Lipinski definition) is 1. The van der Waals surface area contributed by atoms with Gasteiger partial charge in [0.1, 0.15) is 0 Å². The van der Waals surface area contributed by atoms with Gasteiger partial charge in [0.25, 0.3) is 0 Å². The van der Waals surface area contributed by atoms with Crippen molar-refractivity contribution in [3.05, 3.63) is 35.4 Å². The second-order valence-electron chi connectivity index (χ2n) is 5.66. The van der Waals surface area contributed by atoms with Crippen LogP contribution in [-0.2, 0) is 4.74 Å². The van der Waals surface area contributed by atoms with Crippen LogP contribution in [-0.4, -0.2) is 32.1 Å². The molecule has 0 spiro atoms. The third-order valence-corrected chi connectivity index (χ3v) is 4.54. The van der Waals surface area contributed by atoms with Crippen molar-refractivity contribution >= 4 is 5.78 Å².